The normalized spacial score (nSPS) is 11.2. The van der Waals surface area contributed by atoms with E-state index >= 15 is 0 Å². The van der Waals surface area contributed by atoms with E-state index in [1.54, 1.807) is 6.92 Å². The molecule has 7 nitrogen and oxygen atoms in total. The van der Waals surface area contributed by atoms with Crippen molar-refractivity contribution in [3.05, 3.63) is 33.9 Å². The molecule has 0 heterocycles. The lowest BCUT2D eigenvalue weighted by Crippen LogP contribution is -1.99. The Morgan fingerprint density at radius 2 is 1.88 bits per heavy atom. The zero-order valence-electron chi connectivity index (χ0n) is 9.58. The summed E-state index contributed by atoms with van der Waals surface area (Å²) in [6, 6.07) is 3.90. The number of phosphoric acid groups is 1. The Hall–Kier alpha value is -1.43. The molecule has 0 aromatic heterocycles. The standard InChI is InChI=1S/C9H12NO6P/c1-7-6-8(10(11)12)4-5-9(7)16-17(13,14-2)15-3/h4-6H,1-3H3. The van der Waals surface area contributed by atoms with Gasteiger partial charge in [0.15, 0.2) is 0 Å². The minimum absolute atomic E-state index is 0.0699. The van der Waals surface area contributed by atoms with E-state index in [4.69, 9.17) is 4.52 Å². The fourth-order valence-electron chi connectivity index (χ4n) is 1.12. The third-order valence-electron chi connectivity index (χ3n) is 2.03. The number of nitro benzene ring substituents is 1. The van der Waals surface area contributed by atoms with E-state index < -0.39 is 12.7 Å². The van der Waals surface area contributed by atoms with E-state index in [0.29, 0.717) is 5.56 Å². The molecule has 1 aromatic carbocycles. The van der Waals surface area contributed by atoms with Crippen molar-refractivity contribution >= 4 is 13.5 Å². The van der Waals surface area contributed by atoms with Crippen LogP contribution in [0, 0.1) is 17.0 Å². The lowest BCUT2D eigenvalue weighted by atomic mass is 10.2. The lowest BCUT2D eigenvalue weighted by molar-refractivity contribution is -0.384. The Kier molecular flexibility index (Phi) is 4.22. The summed E-state index contributed by atoms with van der Waals surface area (Å²) in [6.07, 6.45) is 0. The average Bonchev–Trinajstić information content (AvgIpc) is 2.31. The van der Waals surface area contributed by atoms with E-state index in [2.05, 4.69) is 9.05 Å². The number of nitro groups is 1. The number of aryl methyl sites for hydroxylation is 1. The molecule has 0 unspecified atom stereocenters. The van der Waals surface area contributed by atoms with E-state index in [1.807, 2.05) is 0 Å². The molecule has 0 fully saturated rings. The van der Waals surface area contributed by atoms with Gasteiger partial charge in [0.2, 0.25) is 0 Å². The second-order valence-corrected chi connectivity index (χ2v) is 4.92. The molecular weight excluding hydrogens is 249 g/mol. The average molecular weight is 261 g/mol. The lowest BCUT2D eigenvalue weighted by Gasteiger charge is -2.15. The number of benzene rings is 1. The summed E-state index contributed by atoms with van der Waals surface area (Å²) >= 11 is 0. The van der Waals surface area contributed by atoms with Gasteiger partial charge >= 0.3 is 7.82 Å². The summed E-state index contributed by atoms with van der Waals surface area (Å²) < 4.78 is 25.9. The molecule has 0 aliphatic carbocycles. The number of rotatable bonds is 5. The maximum absolute atomic E-state index is 11.7. The van der Waals surface area contributed by atoms with Gasteiger partial charge < -0.3 is 4.52 Å². The van der Waals surface area contributed by atoms with E-state index in [1.165, 1.54) is 32.4 Å². The van der Waals surface area contributed by atoms with Crippen LogP contribution in [0.3, 0.4) is 0 Å². The fraction of sp³-hybridized carbons (Fsp3) is 0.333. The third-order valence-corrected chi connectivity index (χ3v) is 3.34. The first-order chi connectivity index (χ1) is 7.91. The number of non-ortho nitro benzene ring substituents is 1. The van der Waals surface area contributed by atoms with Crippen LogP contribution in [0.1, 0.15) is 5.56 Å². The zero-order valence-corrected chi connectivity index (χ0v) is 10.5. The summed E-state index contributed by atoms with van der Waals surface area (Å²) in [6.45, 7) is 1.60. The van der Waals surface area contributed by atoms with Crippen LogP contribution < -0.4 is 4.52 Å². The molecule has 94 valence electrons. The van der Waals surface area contributed by atoms with Crippen LogP contribution in [0.2, 0.25) is 0 Å². The fourth-order valence-corrected chi connectivity index (χ4v) is 1.86. The van der Waals surface area contributed by atoms with Crippen molar-refractivity contribution in [1.82, 2.24) is 0 Å². The van der Waals surface area contributed by atoms with E-state index in [9.17, 15) is 14.7 Å². The Bertz CT molecular complexity index is 467. The summed E-state index contributed by atoms with van der Waals surface area (Å²) in [7, 11) is -1.27. The molecule has 0 N–H and O–H groups in total. The van der Waals surface area contributed by atoms with Gasteiger partial charge in [0.05, 0.1) is 4.92 Å². The van der Waals surface area contributed by atoms with Crippen LogP contribution in [0.25, 0.3) is 0 Å². The van der Waals surface area contributed by atoms with Crippen LogP contribution in [0.5, 0.6) is 5.75 Å². The van der Waals surface area contributed by atoms with E-state index in [0.717, 1.165) is 0 Å². The number of hydrogen-bond donors (Lipinski definition) is 0. The second kappa shape index (κ2) is 5.27. The summed E-state index contributed by atoms with van der Waals surface area (Å²) in [5.74, 6) is 0.211. The molecule has 8 heteroatoms. The van der Waals surface area contributed by atoms with Crippen molar-refractivity contribution in [3.8, 4) is 5.75 Å². The van der Waals surface area contributed by atoms with Gasteiger partial charge in [-0.05, 0) is 18.6 Å². The van der Waals surface area contributed by atoms with E-state index in [-0.39, 0.29) is 11.4 Å². The minimum atomic E-state index is -3.64. The molecule has 1 rings (SSSR count). The van der Waals surface area contributed by atoms with Crippen molar-refractivity contribution in [2.45, 2.75) is 6.92 Å². The Balaban J connectivity index is 3.01. The topological polar surface area (TPSA) is 87.9 Å². The van der Waals surface area contributed by atoms with Crippen LogP contribution >= 0.6 is 7.82 Å². The molecule has 0 amide bonds. The van der Waals surface area contributed by atoms with Gasteiger partial charge in [-0.15, -0.1) is 0 Å². The number of nitrogens with zero attached hydrogens (tertiary/aromatic N) is 1. The number of phosphoric ester groups is 1. The Morgan fingerprint density at radius 1 is 1.29 bits per heavy atom. The molecule has 0 saturated carbocycles. The molecule has 0 bridgehead atoms. The highest BCUT2D eigenvalue weighted by molar-refractivity contribution is 7.48. The molecule has 0 aliphatic rings. The molecule has 0 spiro atoms. The number of hydrogen-bond acceptors (Lipinski definition) is 6. The van der Waals surface area contributed by atoms with Crippen LogP contribution in [0.15, 0.2) is 18.2 Å². The van der Waals surface area contributed by atoms with Crippen molar-refractivity contribution in [2.24, 2.45) is 0 Å². The van der Waals surface area contributed by atoms with Crippen molar-refractivity contribution in [1.29, 1.82) is 0 Å². The monoisotopic (exact) mass is 261 g/mol. The maximum Gasteiger partial charge on any atom is 0.529 e. The highest BCUT2D eigenvalue weighted by Gasteiger charge is 2.25. The highest BCUT2D eigenvalue weighted by Crippen LogP contribution is 2.48. The van der Waals surface area contributed by atoms with Crippen molar-refractivity contribution in [2.75, 3.05) is 14.2 Å². The first kappa shape index (κ1) is 13.6. The van der Waals surface area contributed by atoms with Gasteiger partial charge in [0.1, 0.15) is 5.75 Å². The van der Waals surface area contributed by atoms with Crippen LogP contribution in [-0.4, -0.2) is 19.1 Å². The van der Waals surface area contributed by atoms with Gasteiger partial charge in [0.25, 0.3) is 5.69 Å². The second-order valence-electron chi connectivity index (χ2n) is 3.11. The molecule has 1 aromatic rings. The SMILES string of the molecule is COP(=O)(OC)Oc1ccc([N+](=O)[O-])cc1C. The first-order valence-electron chi connectivity index (χ1n) is 4.58. The quantitative estimate of drug-likeness (QED) is 0.460. The molecule has 17 heavy (non-hydrogen) atoms. The van der Waals surface area contributed by atoms with Gasteiger partial charge in [-0.25, -0.2) is 4.57 Å². The minimum Gasteiger partial charge on any atom is -0.404 e. The van der Waals surface area contributed by atoms with Crippen LogP contribution in [-0.2, 0) is 13.6 Å². The maximum atomic E-state index is 11.7. The van der Waals surface area contributed by atoms with Crippen molar-refractivity contribution in [3.63, 3.8) is 0 Å². The smallest absolute Gasteiger partial charge is 0.404 e. The molecular formula is C9H12NO6P. The highest BCUT2D eigenvalue weighted by atomic mass is 31.2. The zero-order chi connectivity index (χ0) is 13.1. The Morgan fingerprint density at radius 3 is 2.29 bits per heavy atom. The molecule has 0 atom stereocenters. The largest absolute Gasteiger partial charge is 0.529 e. The first-order valence-corrected chi connectivity index (χ1v) is 6.04. The van der Waals surface area contributed by atoms with Gasteiger partial charge in [-0.2, -0.15) is 0 Å². The molecule has 0 saturated heterocycles. The summed E-state index contributed by atoms with van der Waals surface area (Å²) in [5.41, 5.74) is 0.396. The molecule has 0 radical (unpaired) electrons. The summed E-state index contributed by atoms with van der Waals surface area (Å²) in [4.78, 5) is 10.00. The van der Waals surface area contributed by atoms with Gasteiger partial charge in [-0.1, -0.05) is 0 Å². The van der Waals surface area contributed by atoms with Gasteiger partial charge in [0, 0.05) is 26.4 Å². The third kappa shape index (κ3) is 3.26. The van der Waals surface area contributed by atoms with Crippen molar-refractivity contribution < 1.29 is 23.1 Å². The Labute approximate surface area is 98.1 Å². The summed E-state index contributed by atoms with van der Waals surface area (Å²) in [5, 5.41) is 10.5. The molecule has 0 aliphatic heterocycles. The predicted molar refractivity (Wildman–Crippen MR) is 60.1 cm³/mol. The van der Waals surface area contributed by atoms with Crippen LogP contribution in [0.4, 0.5) is 5.69 Å². The predicted octanol–water partition coefficient (Wildman–Crippen LogP) is 2.68. The van der Waals surface area contributed by atoms with Gasteiger partial charge in [-0.3, -0.25) is 19.2 Å².